The monoisotopic (exact) mass is 520 g/mol. The Morgan fingerprint density at radius 3 is 0.622 bits per heavy atom. The Labute approximate surface area is 238 Å². The predicted octanol–water partition coefficient (Wildman–Crippen LogP) is 14.3. The third-order valence-corrected chi connectivity index (χ3v) is 8.68. The van der Waals surface area contributed by atoms with Gasteiger partial charge in [-0.1, -0.05) is 233 Å². The summed E-state index contributed by atoms with van der Waals surface area (Å²) in [5.41, 5.74) is 0. The third kappa shape index (κ3) is 34.0. The Morgan fingerprint density at radius 1 is 0.270 bits per heavy atom. The van der Waals surface area contributed by atoms with Crippen LogP contribution in [0.5, 0.6) is 0 Å². The molecule has 0 fully saturated rings. The van der Waals surface area contributed by atoms with Crippen molar-refractivity contribution in [3.05, 3.63) is 6.92 Å². The van der Waals surface area contributed by atoms with Crippen LogP contribution in [0.3, 0.4) is 0 Å². The number of hydrogen-bond donors (Lipinski definition) is 0. The summed E-state index contributed by atoms with van der Waals surface area (Å²) >= 11 is 0. The highest BCUT2D eigenvalue weighted by Crippen LogP contribution is 2.19. The summed E-state index contributed by atoms with van der Waals surface area (Å²) in [5.74, 6) is 0.716. The molecule has 0 amide bonds. The van der Waals surface area contributed by atoms with Gasteiger partial charge in [-0.25, -0.2) is 0 Å². The average molecular weight is 520 g/mol. The Bertz CT molecular complexity index is 372. The van der Waals surface area contributed by atoms with E-state index >= 15 is 0 Å². The van der Waals surface area contributed by atoms with Gasteiger partial charge < -0.3 is 0 Å². The fourth-order valence-electron chi connectivity index (χ4n) is 5.93. The highest BCUT2D eigenvalue weighted by atomic mass is 14.1. The molecule has 223 valence electrons. The van der Waals surface area contributed by atoms with Gasteiger partial charge in [0.05, 0.1) is 0 Å². The zero-order valence-electron chi connectivity index (χ0n) is 26.6. The molecule has 1 atom stereocenters. The molecule has 0 saturated carbocycles. The number of hydrogen-bond acceptors (Lipinski definition) is 0. The normalized spacial score (nSPS) is 12.4. The maximum atomic E-state index is 4.45. The van der Waals surface area contributed by atoms with Crippen LogP contribution in [0.2, 0.25) is 0 Å². The minimum atomic E-state index is 0.716. The van der Waals surface area contributed by atoms with E-state index in [4.69, 9.17) is 0 Å². The maximum absolute atomic E-state index is 4.45. The molecule has 0 spiro atoms. The van der Waals surface area contributed by atoms with Gasteiger partial charge in [0.25, 0.3) is 0 Å². The highest BCUT2D eigenvalue weighted by molar-refractivity contribution is 4.62. The average Bonchev–Trinajstić information content (AvgIpc) is 2.90. The largest absolute Gasteiger partial charge is 0.0654 e. The molecule has 0 aromatic rings. The van der Waals surface area contributed by atoms with Crippen LogP contribution in [0.25, 0.3) is 0 Å². The van der Waals surface area contributed by atoms with Crippen molar-refractivity contribution in [3.63, 3.8) is 0 Å². The zero-order chi connectivity index (χ0) is 26.9. The van der Waals surface area contributed by atoms with Crippen LogP contribution in [-0.4, -0.2) is 0 Å². The SMILES string of the molecule is [CH2]C(CCCCCCCCCCCCCCC)CCCCCCCCCCCCCCCCCCCC. The van der Waals surface area contributed by atoms with E-state index in [-0.39, 0.29) is 0 Å². The topological polar surface area (TPSA) is 0 Å². The minimum Gasteiger partial charge on any atom is -0.0654 e. The molecule has 0 saturated heterocycles. The fourth-order valence-corrected chi connectivity index (χ4v) is 5.93. The van der Waals surface area contributed by atoms with Crippen LogP contribution in [0.1, 0.15) is 226 Å². The summed E-state index contributed by atoms with van der Waals surface area (Å²) < 4.78 is 0. The Morgan fingerprint density at radius 2 is 0.432 bits per heavy atom. The van der Waals surface area contributed by atoms with Gasteiger partial charge >= 0.3 is 0 Å². The van der Waals surface area contributed by atoms with Gasteiger partial charge in [-0.3, -0.25) is 0 Å². The molecule has 0 aromatic carbocycles. The van der Waals surface area contributed by atoms with E-state index < -0.39 is 0 Å². The third-order valence-electron chi connectivity index (χ3n) is 8.68. The minimum absolute atomic E-state index is 0.716. The van der Waals surface area contributed by atoms with Crippen LogP contribution in [0.4, 0.5) is 0 Å². The molecular weight excluding hydrogens is 444 g/mol. The summed E-state index contributed by atoms with van der Waals surface area (Å²) in [6.45, 7) is 9.06. The van der Waals surface area contributed by atoms with Crippen LogP contribution < -0.4 is 0 Å². The second-order valence-corrected chi connectivity index (χ2v) is 12.7. The molecule has 0 aliphatic heterocycles. The van der Waals surface area contributed by atoms with Crippen LogP contribution >= 0.6 is 0 Å². The first-order valence-corrected chi connectivity index (χ1v) is 18.1. The van der Waals surface area contributed by atoms with Crippen molar-refractivity contribution in [3.8, 4) is 0 Å². The molecule has 0 heterocycles. The molecule has 0 rings (SSSR count). The lowest BCUT2D eigenvalue weighted by atomic mass is 9.95. The molecule has 0 nitrogen and oxygen atoms in total. The van der Waals surface area contributed by atoms with Gasteiger partial charge in [0, 0.05) is 0 Å². The quantitative estimate of drug-likeness (QED) is 0.0756. The predicted molar refractivity (Wildman–Crippen MR) is 173 cm³/mol. The van der Waals surface area contributed by atoms with Crippen LogP contribution in [0.15, 0.2) is 0 Å². The molecule has 0 heteroatoms. The van der Waals surface area contributed by atoms with Crippen LogP contribution in [0, 0.1) is 12.8 Å². The van der Waals surface area contributed by atoms with Crippen molar-refractivity contribution >= 4 is 0 Å². The maximum Gasteiger partial charge on any atom is -0.0414 e. The van der Waals surface area contributed by atoms with Crippen LogP contribution in [-0.2, 0) is 0 Å². The summed E-state index contributed by atoms with van der Waals surface area (Å²) in [4.78, 5) is 0. The molecular formula is C37H75. The zero-order valence-corrected chi connectivity index (χ0v) is 26.6. The smallest absolute Gasteiger partial charge is 0.0414 e. The second-order valence-electron chi connectivity index (χ2n) is 12.7. The molecule has 1 radical (unpaired) electrons. The summed E-state index contributed by atoms with van der Waals surface area (Å²) in [5, 5.41) is 0. The summed E-state index contributed by atoms with van der Waals surface area (Å²) in [6.07, 6.45) is 48.1. The first-order valence-electron chi connectivity index (χ1n) is 18.1. The van der Waals surface area contributed by atoms with Gasteiger partial charge in [0.15, 0.2) is 0 Å². The van der Waals surface area contributed by atoms with Crippen molar-refractivity contribution in [1.29, 1.82) is 0 Å². The number of rotatable bonds is 33. The van der Waals surface area contributed by atoms with Gasteiger partial charge in [0.2, 0.25) is 0 Å². The van der Waals surface area contributed by atoms with Crippen molar-refractivity contribution in [2.24, 2.45) is 5.92 Å². The van der Waals surface area contributed by atoms with E-state index in [1.165, 1.54) is 212 Å². The Kier molecular flexibility index (Phi) is 34.0. The highest BCUT2D eigenvalue weighted by Gasteiger charge is 2.02. The molecule has 1 unspecified atom stereocenters. The van der Waals surface area contributed by atoms with Gasteiger partial charge in [-0.15, -0.1) is 0 Å². The first-order chi connectivity index (χ1) is 18.3. The lowest BCUT2D eigenvalue weighted by Crippen LogP contribution is -1.95. The molecule has 0 aliphatic rings. The standard InChI is InChI=1S/C37H75/c1-4-6-8-10-12-14-16-18-19-20-21-22-24-26-28-30-32-34-36-37(3)35-33-31-29-27-25-23-17-15-13-11-9-7-5-2/h37H,3-36H2,1-2H3. The molecule has 0 aromatic heterocycles. The van der Waals surface area contributed by atoms with E-state index in [9.17, 15) is 0 Å². The van der Waals surface area contributed by atoms with E-state index in [0.717, 1.165) is 0 Å². The summed E-state index contributed by atoms with van der Waals surface area (Å²) in [6, 6.07) is 0. The van der Waals surface area contributed by atoms with Gasteiger partial charge in [-0.2, -0.15) is 0 Å². The lowest BCUT2D eigenvalue weighted by Gasteiger charge is -2.11. The van der Waals surface area contributed by atoms with Crippen molar-refractivity contribution in [2.75, 3.05) is 0 Å². The molecule has 0 aliphatic carbocycles. The van der Waals surface area contributed by atoms with Crippen molar-refractivity contribution in [1.82, 2.24) is 0 Å². The molecule has 0 N–H and O–H groups in total. The lowest BCUT2D eigenvalue weighted by molar-refractivity contribution is 0.459. The van der Waals surface area contributed by atoms with E-state index in [0.29, 0.717) is 5.92 Å². The Hall–Kier alpha value is 0. The van der Waals surface area contributed by atoms with Crippen molar-refractivity contribution < 1.29 is 0 Å². The molecule has 0 bridgehead atoms. The van der Waals surface area contributed by atoms with E-state index in [1.807, 2.05) is 0 Å². The Balaban J connectivity index is 3.13. The van der Waals surface area contributed by atoms with Gasteiger partial charge in [0.1, 0.15) is 0 Å². The van der Waals surface area contributed by atoms with Gasteiger partial charge in [-0.05, 0) is 5.92 Å². The molecule has 37 heavy (non-hydrogen) atoms. The van der Waals surface area contributed by atoms with E-state index in [2.05, 4.69) is 20.8 Å². The second kappa shape index (κ2) is 34.0. The first kappa shape index (κ1) is 37.0. The fraction of sp³-hybridized carbons (Fsp3) is 0.973. The van der Waals surface area contributed by atoms with Crippen molar-refractivity contribution in [2.45, 2.75) is 226 Å². The summed E-state index contributed by atoms with van der Waals surface area (Å²) in [7, 11) is 0. The number of unbranched alkanes of at least 4 members (excludes halogenated alkanes) is 29. The van der Waals surface area contributed by atoms with E-state index in [1.54, 1.807) is 0 Å².